The van der Waals surface area contributed by atoms with E-state index in [1.165, 1.54) is 0 Å². The fourth-order valence-electron chi connectivity index (χ4n) is 1.18. The highest BCUT2D eigenvalue weighted by molar-refractivity contribution is 7.12. The Morgan fingerprint density at radius 3 is 3.15 bits per heavy atom. The van der Waals surface area contributed by atoms with Gasteiger partial charge in [-0.2, -0.15) is 5.10 Å². The van der Waals surface area contributed by atoms with E-state index in [0.717, 1.165) is 10.6 Å². The van der Waals surface area contributed by atoms with Gasteiger partial charge in [-0.05, 0) is 11.4 Å². The van der Waals surface area contributed by atoms with E-state index < -0.39 is 12.0 Å². The normalized spacial score (nSPS) is 20.9. The van der Waals surface area contributed by atoms with E-state index in [9.17, 15) is 4.79 Å². The number of rotatable bonds is 2. The van der Waals surface area contributed by atoms with Crippen LogP contribution in [0.25, 0.3) is 0 Å². The summed E-state index contributed by atoms with van der Waals surface area (Å²) in [6.07, 6.45) is 0.468. The molecule has 0 amide bonds. The zero-order valence-electron chi connectivity index (χ0n) is 6.73. The minimum Gasteiger partial charge on any atom is -0.480 e. The fourth-order valence-corrected chi connectivity index (χ4v) is 1.91. The van der Waals surface area contributed by atoms with E-state index in [1.807, 2.05) is 17.5 Å². The Morgan fingerprint density at radius 1 is 1.77 bits per heavy atom. The number of carboxylic acids is 1. The van der Waals surface area contributed by atoms with Crippen molar-refractivity contribution in [2.24, 2.45) is 5.10 Å². The first-order valence-corrected chi connectivity index (χ1v) is 4.74. The maximum absolute atomic E-state index is 10.6. The average Bonchev–Trinajstić information content (AvgIpc) is 2.75. The lowest BCUT2D eigenvalue weighted by Crippen LogP contribution is -2.29. The van der Waals surface area contributed by atoms with Crippen LogP contribution in [0.1, 0.15) is 11.3 Å². The minimum atomic E-state index is -0.852. The third kappa shape index (κ3) is 1.55. The molecule has 1 aromatic rings. The van der Waals surface area contributed by atoms with E-state index >= 15 is 0 Å². The molecule has 0 fully saturated rings. The lowest BCUT2D eigenvalue weighted by Gasteiger charge is -2.00. The molecule has 1 aliphatic heterocycles. The van der Waals surface area contributed by atoms with Crippen molar-refractivity contribution in [3.8, 4) is 0 Å². The van der Waals surface area contributed by atoms with Crippen molar-refractivity contribution >= 4 is 23.0 Å². The number of carbonyl (C=O) groups is 1. The Kier molecular flexibility index (Phi) is 2.02. The highest BCUT2D eigenvalue weighted by atomic mass is 32.1. The molecule has 0 saturated carbocycles. The first-order valence-electron chi connectivity index (χ1n) is 3.86. The van der Waals surface area contributed by atoms with E-state index in [2.05, 4.69) is 10.5 Å². The molecule has 0 aliphatic carbocycles. The zero-order valence-corrected chi connectivity index (χ0v) is 7.54. The summed E-state index contributed by atoms with van der Waals surface area (Å²) >= 11 is 1.57. The van der Waals surface area contributed by atoms with Gasteiger partial charge in [0.25, 0.3) is 0 Å². The number of hydrazone groups is 1. The molecule has 1 atom stereocenters. The molecule has 2 N–H and O–H groups in total. The van der Waals surface area contributed by atoms with Gasteiger partial charge in [-0.15, -0.1) is 11.3 Å². The molecular formula is C8H8N2O2S. The number of thiophene rings is 1. The highest BCUT2D eigenvalue weighted by Crippen LogP contribution is 2.16. The summed E-state index contributed by atoms with van der Waals surface area (Å²) in [7, 11) is 0. The van der Waals surface area contributed by atoms with Gasteiger partial charge in [0.15, 0.2) is 0 Å². The van der Waals surface area contributed by atoms with Gasteiger partial charge in [0.1, 0.15) is 6.04 Å². The number of nitrogens with one attached hydrogen (secondary N) is 1. The number of hydrogen-bond acceptors (Lipinski definition) is 4. The van der Waals surface area contributed by atoms with Crippen LogP contribution >= 0.6 is 11.3 Å². The Balaban J connectivity index is 2.10. The second kappa shape index (κ2) is 3.18. The van der Waals surface area contributed by atoms with Crippen molar-refractivity contribution in [3.05, 3.63) is 22.4 Å². The van der Waals surface area contributed by atoms with E-state index in [1.54, 1.807) is 11.3 Å². The Labute approximate surface area is 78.9 Å². The predicted molar refractivity (Wildman–Crippen MR) is 50.0 cm³/mol. The van der Waals surface area contributed by atoms with Crippen LogP contribution in [-0.2, 0) is 4.79 Å². The Hall–Kier alpha value is -1.36. The van der Waals surface area contributed by atoms with Crippen LogP contribution in [0.15, 0.2) is 22.6 Å². The molecule has 0 saturated heterocycles. The Bertz CT molecular complexity index is 345. The van der Waals surface area contributed by atoms with Crippen LogP contribution < -0.4 is 5.43 Å². The molecule has 0 aromatic carbocycles. The number of carboxylic acid groups (broad SMARTS) is 1. The quantitative estimate of drug-likeness (QED) is 0.738. The van der Waals surface area contributed by atoms with Gasteiger partial charge in [-0.25, -0.2) is 4.79 Å². The fraction of sp³-hybridized carbons (Fsp3) is 0.250. The first kappa shape index (κ1) is 8.25. The van der Waals surface area contributed by atoms with Gasteiger partial charge < -0.3 is 5.11 Å². The van der Waals surface area contributed by atoms with Crippen molar-refractivity contribution in [2.75, 3.05) is 0 Å². The van der Waals surface area contributed by atoms with Crippen molar-refractivity contribution in [3.63, 3.8) is 0 Å². The highest BCUT2D eigenvalue weighted by Gasteiger charge is 2.25. The molecule has 13 heavy (non-hydrogen) atoms. The largest absolute Gasteiger partial charge is 0.480 e. The first-order chi connectivity index (χ1) is 6.27. The number of nitrogens with zero attached hydrogens (tertiary/aromatic N) is 1. The molecule has 2 rings (SSSR count). The van der Waals surface area contributed by atoms with Gasteiger partial charge >= 0.3 is 5.97 Å². The van der Waals surface area contributed by atoms with E-state index in [0.29, 0.717) is 6.42 Å². The summed E-state index contributed by atoms with van der Waals surface area (Å²) in [4.78, 5) is 11.6. The number of hydrogen-bond donors (Lipinski definition) is 2. The van der Waals surface area contributed by atoms with Crippen molar-refractivity contribution in [1.82, 2.24) is 5.43 Å². The lowest BCUT2D eigenvalue weighted by atomic mass is 10.1. The predicted octanol–water partition coefficient (Wildman–Crippen LogP) is 0.899. The van der Waals surface area contributed by atoms with E-state index in [4.69, 9.17) is 5.11 Å². The average molecular weight is 196 g/mol. The van der Waals surface area contributed by atoms with Crippen molar-refractivity contribution < 1.29 is 9.90 Å². The molecule has 0 unspecified atom stereocenters. The molecule has 0 radical (unpaired) electrons. The second-order valence-corrected chi connectivity index (χ2v) is 3.71. The molecule has 1 aromatic heterocycles. The zero-order chi connectivity index (χ0) is 9.26. The topological polar surface area (TPSA) is 61.7 Å². The van der Waals surface area contributed by atoms with Gasteiger partial charge in [-0.3, -0.25) is 5.43 Å². The summed E-state index contributed by atoms with van der Waals surface area (Å²) < 4.78 is 0. The molecule has 0 spiro atoms. The Morgan fingerprint density at radius 2 is 2.62 bits per heavy atom. The molecule has 0 bridgehead atoms. The summed E-state index contributed by atoms with van der Waals surface area (Å²) in [5, 5.41) is 14.6. The molecule has 68 valence electrons. The monoisotopic (exact) mass is 196 g/mol. The van der Waals surface area contributed by atoms with Crippen LogP contribution in [0.2, 0.25) is 0 Å². The smallest absolute Gasteiger partial charge is 0.328 e. The minimum absolute atomic E-state index is 0.468. The molecule has 5 heteroatoms. The summed E-state index contributed by atoms with van der Waals surface area (Å²) in [5.41, 5.74) is 3.43. The summed E-state index contributed by atoms with van der Waals surface area (Å²) in [5.74, 6) is -0.852. The number of aliphatic carboxylic acids is 1. The molecule has 4 nitrogen and oxygen atoms in total. The van der Waals surface area contributed by atoms with Crippen LogP contribution in [0.3, 0.4) is 0 Å². The molecule has 1 aliphatic rings. The maximum atomic E-state index is 10.6. The summed E-state index contributed by atoms with van der Waals surface area (Å²) in [6.45, 7) is 0. The molecular weight excluding hydrogens is 188 g/mol. The summed E-state index contributed by atoms with van der Waals surface area (Å²) in [6, 6.07) is 3.31. The van der Waals surface area contributed by atoms with Gasteiger partial charge in [0.2, 0.25) is 0 Å². The van der Waals surface area contributed by atoms with Crippen LogP contribution in [0, 0.1) is 0 Å². The van der Waals surface area contributed by atoms with Gasteiger partial charge in [0.05, 0.1) is 10.6 Å². The lowest BCUT2D eigenvalue weighted by molar-refractivity contribution is -0.139. The third-order valence-electron chi connectivity index (χ3n) is 1.86. The maximum Gasteiger partial charge on any atom is 0.328 e. The van der Waals surface area contributed by atoms with Gasteiger partial charge in [0, 0.05) is 6.42 Å². The standard InChI is InChI=1S/C8H8N2O2S/c11-8(12)6-4-5(9-10-6)7-2-1-3-13-7/h1-3,6,10H,4H2,(H,11,12)/t6-/m1/s1. The van der Waals surface area contributed by atoms with Crippen LogP contribution in [0.4, 0.5) is 0 Å². The van der Waals surface area contributed by atoms with Crippen LogP contribution in [0.5, 0.6) is 0 Å². The van der Waals surface area contributed by atoms with Crippen LogP contribution in [-0.4, -0.2) is 22.8 Å². The van der Waals surface area contributed by atoms with Crippen molar-refractivity contribution in [2.45, 2.75) is 12.5 Å². The van der Waals surface area contributed by atoms with Crippen molar-refractivity contribution in [1.29, 1.82) is 0 Å². The SMILES string of the molecule is O=C(O)[C@H]1CC(c2cccs2)=NN1. The van der Waals surface area contributed by atoms with E-state index in [-0.39, 0.29) is 0 Å². The van der Waals surface area contributed by atoms with Gasteiger partial charge in [-0.1, -0.05) is 6.07 Å². The molecule has 2 heterocycles. The second-order valence-electron chi connectivity index (χ2n) is 2.76. The third-order valence-corrected chi connectivity index (χ3v) is 2.78.